The predicted molar refractivity (Wildman–Crippen MR) is 145 cm³/mol. The molecule has 3 aromatic rings. The van der Waals surface area contributed by atoms with Gasteiger partial charge in [0.2, 0.25) is 0 Å². The van der Waals surface area contributed by atoms with Crippen LogP contribution in [0.15, 0.2) is 48.5 Å². The van der Waals surface area contributed by atoms with Crippen molar-refractivity contribution in [2.75, 3.05) is 38.2 Å². The van der Waals surface area contributed by atoms with Crippen molar-refractivity contribution in [2.24, 2.45) is 0 Å². The summed E-state index contributed by atoms with van der Waals surface area (Å²) in [5, 5.41) is 0. The molecule has 36 heavy (non-hydrogen) atoms. The molecule has 1 aliphatic rings. The second kappa shape index (κ2) is 12.0. The fourth-order valence-electron chi connectivity index (χ4n) is 4.83. The molecule has 1 saturated heterocycles. The first-order valence-electron chi connectivity index (χ1n) is 13.1. The monoisotopic (exact) mass is 486 g/mol. The number of anilines is 1. The van der Waals surface area contributed by atoms with Crippen LogP contribution in [0.25, 0.3) is 0 Å². The first kappa shape index (κ1) is 25.7. The quantitative estimate of drug-likeness (QED) is 0.380. The average molecular weight is 487 g/mol. The molecule has 190 valence electrons. The Morgan fingerprint density at radius 3 is 2.19 bits per heavy atom. The van der Waals surface area contributed by atoms with Crippen LogP contribution < -0.4 is 9.64 Å². The van der Waals surface area contributed by atoms with Crippen LogP contribution in [-0.4, -0.2) is 54.1 Å². The number of rotatable bonds is 9. The summed E-state index contributed by atoms with van der Waals surface area (Å²) >= 11 is 0. The molecule has 1 aliphatic heterocycles. The van der Waals surface area contributed by atoms with Crippen LogP contribution in [0.1, 0.15) is 64.8 Å². The van der Waals surface area contributed by atoms with Crippen molar-refractivity contribution in [1.82, 2.24) is 14.9 Å². The SMILES string of the molecule is CCCCCc1ccc(C(=O)N2CCN(c3nc(C)nc(C)c3Cc3ccc(OC)cc3)CC2)cc1. The van der Waals surface area contributed by atoms with Crippen molar-refractivity contribution in [1.29, 1.82) is 0 Å². The van der Waals surface area contributed by atoms with Crippen molar-refractivity contribution in [3.63, 3.8) is 0 Å². The van der Waals surface area contributed by atoms with Crippen LogP contribution in [0.3, 0.4) is 0 Å². The molecule has 2 aromatic carbocycles. The van der Waals surface area contributed by atoms with Crippen molar-refractivity contribution in [3.8, 4) is 5.75 Å². The number of unbranched alkanes of at least 4 members (excludes halogenated alkanes) is 2. The highest BCUT2D eigenvalue weighted by molar-refractivity contribution is 5.94. The van der Waals surface area contributed by atoms with Crippen molar-refractivity contribution in [2.45, 2.75) is 52.9 Å². The molecule has 6 nitrogen and oxygen atoms in total. The van der Waals surface area contributed by atoms with E-state index in [9.17, 15) is 4.79 Å². The van der Waals surface area contributed by atoms with Gasteiger partial charge in [-0.3, -0.25) is 4.79 Å². The number of hydrogen-bond acceptors (Lipinski definition) is 5. The number of carbonyl (C=O) groups is 1. The van der Waals surface area contributed by atoms with Gasteiger partial charge in [0.1, 0.15) is 17.4 Å². The van der Waals surface area contributed by atoms with Crippen LogP contribution in [-0.2, 0) is 12.8 Å². The molecule has 0 saturated carbocycles. The van der Waals surface area contributed by atoms with Crippen LogP contribution in [0.4, 0.5) is 5.82 Å². The van der Waals surface area contributed by atoms with Gasteiger partial charge in [0.25, 0.3) is 5.91 Å². The van der Waals surface area contributed by atoms with E-state index < -0.39 is 0 Å². The first-order chi connectivity index (χ1) is 17.5. The zero-order chi connectivity index (χ0) is 25.5. The summed E-state index contributed by atoms with van der Waals surface area (Å²) < 4.78 is 5.30. The summed E-state index contributed by atoms with van der Waals surface area (Å²) in [5.74, 6) is 2.73. The lowest BCUT2D eigenvalue weighted by molar-refractivity contribution is 0.0746. The Bertz CT molecular complexity index is 1150. The van der Waals surface area contributed by atoms with Gasteiger partial charge in [-0.2, -0.15) is 0 Å². The van der Waals surface area contributed by atoms with Gasteiger partial charge in [0.05, 0.1) is 7.11 Å². The largest absolute Gasteiger partial charge is 0.497 e. The highest BCUT2D eigenvalue weighted by Gasteiger charge is 2.25. The lowest BCUT2D eigenvalue weighted by atomic mass is 10.0. The molecule has 0 bridgehead atoms. The molecule has 0 radical (unpaired) electrons. The van der Waals surface area contributed by atoms with E-state index in [-0.39, 0.29) is 5.91 Å². The van der Waals surface area contributed by atoms with Gasteiger partial charge in [0.15, 0.2) is 0 Å². The third-order valence-electron chi connectivity index (χ3n) is 6.98. The lowest BCUT2D eigenvalue weighted by Gasteiger charge is -2.36. The number of piperazine rings is 1. The highest BCUT2D eigenvalue weighted by Crippen LogP contribution is 2.26. The number of benzene rings is 2. The zero-order valence-corrected chi connectivity index (χ0v) is 22.1. The number of methoxy groups -OCH3 is 1. The van der Waals surface area contributed by atoms with E-state index in [0.717, 1.165) is 60.1 Å². The summed E-state index contributed by atoms with van der Waals surface area (Å²) in [6.45, 7) is 9.10. The molecule has 2 heterocycles. The molecule has 0 aliphatic carbocycles. The maximum absolute atomic E-state index is 13.2. The number of amides is 1. The standard InChI is InChI=1S/C30H38N4O2/c1-5-6-7-8-24-9-13-26(14-10-24)30(35)34-19-17-33(18-20-34)29-28(22(2)31-23(3)32-29)21-25-11-15-27(36-4)16-12-25/h9-16H,5-8,17-21H2,1-4H3. The molecule has 1 amide bonds. The molecule has 0 N–H and O–H groups in total. The number of aryl methyl sites for hydroxylation is 3. The smallest absolute Gasteiger partial charge is 0.253 e. The molecule has 4 rings (SSSR count). The summed E-state index contributed by atoms with van der Waals surface area (Å²) in [6.07, 6.45) is 5.51. The van der Waals surface area contributed by atoms with Gasteiger partial charge >= 0.3 is 0 Å². The number of ether oxygens (including phenoxy) is 1. The van der Waals surface area contributed by atoms with E-state index in [4.69, 9.17) is 9.72 Å². The molecule has 1 aromatic heterocycles. The number of hydrogen-bond donors (Lipinski definition) is 0. The topological polar surface area (TPSA) is 58.6 Å². The maximum atomic E-state index is 13.2. The number of carbonyl (C=O) groups excluding carboxylic acids is 1. The average Bonchev–Trinajstić information content (AvgIpc) is 2.91. The van der Waals surface area contributed by atoms with E-state index >= 15 is 0 Å². The van der Waals surface area contributed by atoms with E-state index in [1.807, 2.05) is 36.1 Å². The molecule has 1 fully saturated rings. The Labute approximate surface area is 215 Å². The molecule has 0 unspecified atom stereocenters. The minimum Gasteiger partial charge on any atom is -0.497 e. The van der Waals surface area contributed by atoms with Gasteiger partial charge in [-0.15, -0.1) is 0 Å². The van der Waals surface area contributed by atoms with Crippen molar-refractivity contribution >= 4 is 11.7 Å². The summed E-state index contributed by atoms with van der Waals surface area (Å²) in [4.78, 5) is 26.9. The van der Waals surface area contributed by atoms with E-state index in [0.29, 0.717) is 13.1 Å². The molecule has 6 heteroatoms. The summed E-state index contributed by atoms with van der Waals surface area (Å²) in [7, 11) is 1.68. The Kier molecular flexibility index (Phi) is 8.57. The second-order valence-electron chi connectivity index (χ2n) is 9.62. The van der Waals surface area contributed by atoms with E-state index in [2.05, 4.69) is 48.0 Å². The molecular weight excluding hydrogens is 448 g/mol. The van der Waals surface area contributed by atoms with Gasteiger partial charge in [0, 0.05) is 49.4 Å². The van der Waals surface area contributed by atoms with Gasteiger partial charge in [-0.05, 0) is 62.1 Å². The summed E-state index contributed by atoms with van der Waals surface area (Å²) in [5.41, 5.74) is 5.43. The van der Waals surface area contributed by atoms with Gasteiger partial charge in [-0.25, -0.2) is 9.97 Å². The molecule has 0 atom stereocenters. The lowest BCUT2D eigenvalue weighted by Crippen LogP contribution is -2.49. The van der Waals surface area contributed by atoms with Gasteiger partial charge in [-0.1, -0.05) is 44.0 Å². The normalized spacial score (nSPS) is 13.7. The van der Waals surface area contributed by atoms with E-state index in [1.54, 1.807) is 7.11 Å². The predicted octanol–water partition coefficient (Wildman–Crippen LogP) is 5.39. The van der Waals surface area contributed by atoms with E-state index in [1.165, 1.54) is 30.4 Å². The van der Waals surface area contributed by atoms with Crippen LogP contribution in [0.2, 0.25) is 0 Å². The maximum Gasteiger partial charge on any atom is 0.253 e. The fraction of sp³-hybridized carbons (Fsp3) is 0.433. The minimum absolute atomic E-state index is 0.114. The van der Waals surface area contributed by atoms with Crippen molar-refractivity contribution < 1.29 is 9.53 Å². The molecular formula is C30H38N4O2. The second-order valence-corrected chi connectivity index (χ2v) is 9.62. The fourth-order valence-corrected chi connectivity index (χ4v) is 4.83. The Hall–Kier alpha value is -3.41. The number of aromatic nitrogens is 2. The van der Waals surface area contributed by atoms with Gasteiger partial charge < -0.3 is 14.5 Å². The van der Waals surface area contributed by atoms with Crippen LogP contribution in [0, 0.1) is 13.8 Å². The Balaban J connectivity index is 1.42. The minimum atomic E-state index is 0.114. The van der Waals surface area contributed by atoms with Crippen LogP contribution >= 0.6 is 0 Å². The third-order valence-corrected chi connectivity index (χ3v) is 6.98. The van der Waals surface area contributed by atoms with Crippen LogP contribution in [0.5, 0.6) is 5.75 Å². The summed E-state index contributed by atoms with van der Waals surface area (Å²) in [6, 6.07) is 16.3. The Morgan fingerprint density at radius 2 is 1.56 bits per heavy atom. The Morgan fingerprint density at radius 1 is 0.889 bits per heavy atom. The molecule has 0 spiro atoms. The number of nitrogens with zero attached hydrogens (tertiary/aromatic N) is 4. The van der Waals surface area contributed by atoms with Crippen molar-refractivity contribution in [3.05, 3.63) is 82.3 Å². The third kappa shape index (κ3) is 6.23. The zero-order valence-electron chi connectivity index (χ0n) is 22.1. The first-order valence-corrected chi connectivity index (χ1v) is 13.1. The highest BCUT2D eigenvalue weighted by atomic mass is 16.5.